The summed E-state index contributed by atoms with van der Waals surface area (Å²) in [5.41, 5.74) is 0. The first-order chi connectivity index (χ1) is 7.43. The fraction of sp³-hybridized carbons (Fsp3) is 0.923. The zero-order valence-corrected chi connectivity index (χ0v) is 11.3. The molecule has 0 aliphatic carbocycles. The first-order valence-electron chi connectivity index (χ1n) is 6.21. The quantitative estimate of drug-likeness (QED) is 0.475. The predicted octanol–water partition coefficient (Wildman–Crippen LogP) is 3.03. The van der Waals surface area contributed by atoms with Gasteiger partial charge in [-0.3, -0.25) is 4.79 Å². The molecule has 0 bridgehead atoms. The highest BCUT2D eigenvalue weighted by Crippen LogP contribution is 2.06. The minimum absolute atomic E-state index is 0.00227. The molecule has 0 amide bonds. The molecule has 3 heteroatoms. The van der Waals surface area contributed by atoms with Crippen molar-refractivity contribution in [2.24, 2.45) is 11.8 Å². The maximum absolute atomic E-state index is 11.3. The Morgan fingerprint density at radius 1 is 1.12 bits per heavy atom. The Balaban J connectivity index is 3.44. The van der Waals surface area contributed by atoms with Gasteiger partial charge in [0, 0.05) is 13.2 Å². The molecular weight excluding hydrogens is 204 g/mol. The highest BCUT2D eigenvalue weighted by molar-refractivity contribution is 5.71. The van der Waals surface area contributed by atoms with E-state index < -0.39 is 0 Å². The van der Waals surface area contributed by atoms with Crippen LogP contribution in [0, 0.1) is 11.8 Å². The highest BCUT2D eigenvalue weighted by atomic mass is 16.5. The molecule has 0 aromatic rings. The summed E-state index contributed by atoms with van der Waals surface area (Å²) in [6, 6.07) is 0. The van der Waals surface area contributed by atoms with E-state index in [0.29, 0.717) is 5.92 Å². The van der Waals surface area contributed by atoms with Crippen LogP contribution in [0.4, 0.5) is 0 Å². The maximum atomic E-state index is 11.3. The van der Waals surface area contributed by atoms with Gasteiger partial charge in [-0.05, 0) is 25.7 Å². The molecule has 0 fully saturated rings. The standard InChI is InChI=1S/C13H26O3/c1-10(2)9-15-8-6-7-12(5)16-13(14)11(3)4/h10-12H,6-9H2,1-5H3. The van der Waals surface area contributed by atoms with Gasteiger partial charge in [-0.1, -0.05) is 27.7 Å². The molecule has 96 valence electrons. The summed E-state index contributed by atoms with van der Waals surface area (Å²) in [6.45, 7) is 11.5. The Morgan fingerprint density at radius 3 is 2.25 bits per heavy atom. The summed E-state index contributed by atoms with van der Waals surface area (Å²) < 4.78 is 10.7. The second-order valence-corrected chi connectivity index (χ2v) is 5.01. The lowest BCUT2D eigenvalue weighted by Crippen LogP contribution is -2.19. The second-order valence-electron chi connectivity index (χ2n) is 5.01. The average molecular weight is 230 g/mol. The van der Waals surface area contributed by atoms with Crippen molar-refractivity contribution in [3.8, 4) is 0 Å². The Hall–Kier alpha value is -0.570. The lowest BCUT2D eigenvalue weighted by Gasteiger charge is -2.15. The summed E-state index contributed by atoms with van der Waals surface area (Å²) in [4.78, 5) is 11.3. The molecule has 0 radical (unpaired) electrons. The van der Waals surface area contributed by atoms with E-state index >= 15 is 0 Å². The summed E-state index contributed by atoms with van der Waals surface area (Å²) in [5, 5.41) is 0. The number of carbonyl (C=O) groups excluding carboxylic acids is 1. The van der Waals surface area contributed by atoms with Crippen LogP contribution in [0.2, 0.25) is 0 Å². The van der Waals surface area contributed by atoms with Crippen molar-refractivity contribution >= 4 is 5.97 Å². The van der Waals surface area contributed by atoms with Gasteiger partial charge in [-0.2, -0.15) is 0 Å². The van der Waals surface area contributed by atoms with Crippen LogP contribution in [0.3, 0.4) is 0 Å². The molecule has 0 aromatic heterocycles. The number of esters is 1. The summed E-state index contributed by atoms with van der Waals surface area (Å²) >= 11 is 0. The van der Waals surface area contributed by atoms with Gasteiger partial charge in [-0.15, -0.1) is 0 Å². The molecule has 0 saturated heterocycles. The fourth-order valence-electron chi connectivity index (χ4n) is 1.19. The van der Waals surface area contributed by atoms with E-state index in [9.17, 15) is 4.79 Å². The van der Waals surface area contributed by atoms with Crippen molar-refractivity contribution < 1.29 is 14.3 Å². The van der Waals surface area contributed by atoms with Crippen LogP contribution in [0.15, 0.2) is 0 Å². The topological polar surface area (TPSA) is 35.5 Å². The second kappa shape index (κ2) is 8.57. The lowest BCUT2D eigenvalue weighted by atomic mass is 10.2. The minimum Gasteiger partial charge on any atom is -0.462 e. The largest absolute Gasteiger partial charge is 0.462 e. The zero-order valence-electron chi connectivity index (χ0n) is 11.3. The van der Waals surface area contributed by atoms with Crippen LogP contribution < -0.4 is 0 Å². The maximum Gasteiger partial charge on any atom is 0.308 e. The zero-order chi connectivity index (χ0) is 12.6. The number of hydrogen-bond donors (Lipinski definition) is 0. The summed E-state index contributed by atoms with van der Waals surface area (Å²) in [5.74, 6) is 0.423. The van der Waals surface area contributed by atoms with Crippen LogP contribution in [0.1, 0.15) is 47.5 Å². The van der Waals surface area contributed by atoms with E-state index in [1.165, 1.54) is 0 Å². The fourth-order valence-corrected chi connectivity index (χ4v) is 1.19. The van der Waals surface area contributed by atoms with Gasteiger partial charge >= 0.3 is 5.97 Å². The molecule has 0 aliphatic rings. The average Bonchev–Trinajstić information content (AvgIpc) is 2.16. The van der Waals surface area contributed by atoms with E-state index in [4.69, 9.17) is 9.47 Å². The van der Waals surface area contributed by atoms with Gasteiger partial charge in [-0.25, -0.2) is 0 Å². The van der Waals surface area contributed by atoms with E-state index in [1.54, 1.807) is 0 Å². The van der Waals surface area contributed by atoms with Gasteiger partial charge in [0.2, 0.25) is 0 Å². The van der Waals surface area contributed by atoms with Crippen LogP contribution in [0.25, 0.3) is 0 Å². The van der Waals surface area contributed by atoms with Gasteiger partial charge < -0.3 is 9.47 Å². The molecule has 0 aromatic carbocycles. The van der Waals surface area contributed by atoms with Crippen molar-refractivity contribution in [3.63, 3.8) is 0 Å². The van der Waals surface area contributed by atoms with Crippen LogP contribution in [-0.4, -0.2) is 25.3 Å². The number of hydrogen-bond acceptors (Lipinski definition) is 3. The Labute approximate surface area is 99.5 Å². The van der Waals surface area contributed by atoms with E-state index in [1.807, 2.05) is 20.8 Å². The smallest absolute Gasteiger partial charge is 0.308 e. The van der Waals surface area contributed by atoms with Gasteiger partial charge in [0.05, 0.1) is 12.0 Å². The number of rotatable bonds is 8. The summed E-state index contributed by atoms with van der Waals surface area (Å²) in [7, 11) is 0. The lowest BCUT2D eigenvalue weighted by molar-refractivity contribution is -0.152. The predicted molar refractivity (Wildman–Crippen MR) is 65.3 cm³/mol. The van der Waals surface area contributed by atoms with Crippen molar-refractivity contribution in [1.29, 1.82) is 0 Å². The van der Waals surface area contributed by atoms with Crippen molar-refractivity contribution in [1.82, 2.24) is 0 Å². The number of carbonyl (C=O) groups is 1. The Kier molecular flexibility index (Phi) is 8.26. The van der Waals surface area contributed by atoms with E-state index in [-0.39, 0.29) is 18.0 Å². The molecule has 0 heterocycles. The third kappa shape index (κ3) is 8.72. The van der Waals surface area contributed by atoms with Crippen molar-refractivity contribution in [2.45, 2.75) is 53.6 Å². The molecular formula is C13H26O3. The van der Waals surface area contributed by atoms with Gasteiger partial charge in [0.25, 0.3) is 0 Å². The van der Waals surface area contributed by atoms with Crippen molar-refractivity contribution in [3.05, 3.63) is 0 Å². The van der Waals surface area contributed by atoms with Gasteiger partial charge in [0.15, 0.2) is 0 Å². The summed E-state index contributed by atoms with van der Waals surface area (Å²) in [6.07, 6.45) is 1.81. The third-order valence-corrected chi connectivity index (χ3v) is 2.14. The minimum atomic E-state index is -0.115. The Bertz CT molecular complexity index is 188. The van der Waals surface area contributed by atoms with Crippen molar-refractivity contribution in [2.75, 3.05) is 13.2 Å². The SMILES string of the molecule is CC(C)COCCCC(C)OC(=O)C(C)C. The molecule has 1 unspecified atom stereocenters. The molecule has 0 rings (SSSR count). The Morgan fingerprint density at radius 2 is 1.75 bits per heavy atom. The molecule has 16 heavy (non-hydrogen) atoms. The molecule has 0 aliphatic heterocycles. The molecule has 1 atom stereocenters. The monoisotopic (exact) mass is 230 g/mol. The molecule has 0 saturated carbocycles. The molecule has 3 nitrogen and oxygen atoms in total. The van der Waals surface area contributed by atoms with E-state index in [0.717, 1.165) is 26.1 Å². The van der Waals surface area contributed by atoms with E-state index in [2.05, 4.69) is 13.8 Å². The normalized spacial score (nSPS) is 13.2. The highest BCUT2D eigenvalue weighted by Gasteiger charge is 2.12. The molecule has 0 spiro atoms. The van der Waals surface area contributed by atoms with Crippen LogP contribution in [0.5, 0.6) is 0 Å². The molecule has 0 N–H and O–H groups in total. The third-order valence-electron chi connectivity index (χ3n) is 2.14. The van der Waals surface area contributed by atoms with Gasteiger partial charge in [0.1, 0.15) is 0 Å². The first-order valence-corrected chi connectivity index (χ1v) is 6.21. The first kappa shape index (κ1) is 15.4. The van der Waals surface area contributed by atoms with Crippen LogP contribution in [-0.2, 0) is 14.3 Å². The number of ether oxygens (including phenoxy) is 2. The van der Waals surface area contributed by atoms with Crippen LogP contribution >= 0.6 is 0 Å².